The summed E-state index contributed by atoms with van der Waals surface area (Å²) in [6, 6.07) is 2.31. The summed E-state index contributed by atoms with van der Waals surface area (Å²) < 4.78 is 0. The summed E-state index contributed by atoms with van der Waals surface area (Å²) in [6.45, 7) is 5.42. The van der Waals surface area contributed by atoms with Crippen molar-refractivity contribution in [1.82, 2.24) is 10.2 Å². The molecule has 1 heterocycles. The zero-order valence-corrected chi connectivity index (χ0v) is 8.58. The van der Waals surface area contributed by atoms with E-state index in [0.29, 0.717) is 0 Å². The average molecular weight is 181 g/mol. The van der Waals surface area contributed by atoms with Crippen LogP contribution in [0, 0.1) is 17.2 Å². The van der Waals surface area contributed by atoms with Crippen molar-refractivity contribution in [3.8, 4) is 6.07 Å². The smallest absolute Gasteiger partial charge is 0.0950 e. The first kappa shape index (κ1) is 10.5. The second-order valence-electron chi connectivity index (χ2n) is 3.92. The van der Waals surface area contributed by atoms with Crippen molar-refractivity contribution in [2.75, 3.05) is 26.7 Å². The Morgan fingerprint density at radius 2 is 2.46 bits per heavy atom. The molecular formula is C10H19N3. The van der Waals surface area contributed by atoms with Crippen molar-refractivity contribution in [2.45, 2.75) is 25.8 Å². The third-order valence-electron chi connectivity index (χ3n) is 2.71. The highest BCUT2D eigenvalue weighted by Gasteiger charge is 2.19. The number of hydrogen-bond donors (Lipinski definition) is 1. The van der Waals surface area contributed by atoms with E-state index in [2.05, 4.69) is 23.3 Å². The first-order valence-corrected chi connectivity index (χ1v) is 5.07. The van der Waals surface area contributed by atoms with Gasteiger partial charge < -0.3 is 10.2 Å². The van der Waals surface area contributed by atoms with Crippen molar-refractivity contribution in [3.05, 3.63) is 0 Å². The number of nitriles is 1. The molecule has 1 aliphatic heterocycles. The Hall–Kier alpha value is -0.590. The summed E-state index contributed by atoms with van der Waals surface area (Å²) in [5.74, 6) is 0.743. The van der Waals surface area contributed by atoms with Gasteiger partial charge in [-0.25, -0.2) is 0 Å². The van der Waals surface area contributed by atoms with Crippen LogP contribution in [0.1, 0.15) is 19.8 Å². The van der Waals surface area contributed by atoms with Gasteiger partial charge in [0.15, 0.2) is 0 Å². The van der Waals surface area contributed by atoms with Gasteiger partial charge in [-0.15, -0.1) is 0 Å². The second kappa shape index (κ2) is 5.21. The summed E-state index contributed by atoms with van der Waals surface area (Å²) in [4.78, 5) is 2.35. The maximum atomic E-state index is 8.73. The Labute approximate surface area is 80.7 Å². The van der Waals surface area contributed by atoms with Gasteiger partial charge in [0.05, 0.1) is 12.1 Å². The van der Waals surface area contributed by atoms with Crippen LogP contribution < -0.4 is 5.32 Å². The van der Waals surface area contributed by atoms with Crippen LogP contribution in [0.3, 0.4) is 0 Å². The lowest BCUT2D eigenvalue weighted by atomic mass is 10.1. The van der Waals surface area contributed by atoms with E-state index in [-0.39, 0.29) is 6.04 Å². The zero-order chi connectivity index (χ0) is 9.68. The third kappa shape index (κ3) is 3.33. The summed E-state index contributed by atoms with van der Waals surface area (Å²) in [6.07, 6.45) is 2.17. The normalized spacial score (nSPS) is 25.8. The molecule has 0 aromatic heterocycles. The van der Waals surface area contributed by atoms with Crippen LogP contribution in [-0.4, -0.2) is 37.6 Å². The molecule has 0 aromatic carbocycles. The van der Waals surface area contributed by atoms with Gasteiger partial charge >= 0.3 is 0 Å². The van der Waals surface area contributed by atoms with Crippen LogP contribution in [0.5, 0.6) is 0 Å². The number of likely N-dealkylation sites (tertiary alicyclic amines) is 1. The molecular weight excluding hydrogens is 162 g/mol. The first-order valence-electron chi connectivity index (χ1n) is 5.07. The van der Waals surface area contributed by atoms with Gasteiger partial charge in [-0.2, -0.15) is 5.26 Å². The van der Waals surface area contributed by atoms with Crippen LogP contribution >= 0.6 is 0 Å². The molecule has 0 aromatic rings. The van der Waals surface area contributed by atoms with Crippen LogP contribution in [0.15, 0.2) is 0 Å². The largest absolute Gasteiger partial charge is 0.306 e. The molecule has 3 nitrogen and oxygen atoms in total. The fourth-order valence-electron chi connectivity index (χ4n) is 1.78. The van der Waals surface area contributed by atoms with Gasteiger partial charge in [0.2, 0.25) is 0 Å². The van der Waals surface area contributed by atoms with E-state index in [1.54, 1.807) is 0 Å². The van der Waals surface area contributed by atoms with Crippen molar-refractivity contribution in [3.63, 3.8) is 0 Å². The van der Waals surface area contributed by atoms with E-state index < -0.39 is 0 Å². The molecule has 0 aliphatic carbocycles. The zero-order valence-electron chi connectivity index (χ0n) is 8.58. The van der Waals surface area contributed by atoms with E-state index >= 15 is 0 Å². The first-order chi connectivity index (χ1) is 6.26. The quantitative estimate of drug-likeness (QED) is 0.698. The molecule has 1 N–H and O–H groups in total. The molecule has 2 unspecified atom stereocenters. The number of nitrogens with zero attached hydrogens (tertiary/aromatic N) is 2. The molecule has 0 bridgehead atoms. The van der Waals surface area contributed by atoms with Crippen LogP contribution in [0.4, 0.5) is 0 Å². The van der Waals surface area contributed by atoms with E-state index in [1.165, 1.54) is 19.5 Å². The van der Waals surface area contributed by atoms with Crippen LogP contribution in [-0.2, 0) is 0 Å². The predicted molar refractivity (Wildman–Crippen MR) is 53.3 cm³/mol. The highest BCUT2D eigenvalue weighted by Crippen LogP contribution is 2.13. The van der Waals surface area contributed by atoms with Crippen molar-refractivity contribution < 1.29 is 0 Å². The van der Waals surface area contributed by atoms with E-state index in [9.17, 15) is 0 Å². The Kier molecular flexibility index (Phi) is 4.20. The van der Waals surface area contributed by atoms with E-state index in [4.69, 9.17) is 5.26 Å². The fourth-order valence-corrected chi connectivity index (χ4v) is 1.78. The molecule has 13 heavy (non-hydrogen) atoms. The van der Waals surface area contributed by atoms with Gasteiger partial charge in [0.1, 0.15) is 0 Å². The molecule has 1 fully saturated rings. The Morgan fingerprint density at radius 1 is 1.69 bits per heavy atom. The van der Waals surface area contributed by atoms with Crippen LogP contribution in [0.25, 0.3) is 0 Å². The SMILES string of the molecule is CCC(C#N)NCC1CCN(C)C1. The van der Waals surface area contributed by atoms with E-state index in [1.807, 2.05) is 6.92 Å². The second-order valence-corrected chi connectivity index (χ2v) is 3.92. The average Bonchev–Trinajstić information content (AvgIpc) is 2.53. The third-order valence-corrected chi connectivity index (χ3v) is 2.71. The Morgan fingerprint density at radius 3 is 2.92 bits per heavy atom. The van der Waals surface area contributed by atoms with E-state index in [0.717, 1.165) is 18.9 Å². The predicted octanol–water partition coefficient (Wildman–Crippen LogP) is 0.830. The highest BCUT2D eigenvalue weighted by molar-refractivity contribution is 4.89. The molecule has 2 atom stereocenters. The molecule has 0 amide bonds. The summed E-state index contributed by atoms with van der Waals surface area (Å²) in [5, 5.41) is 12.0. The standard InChI is InChI=1S/C10H19N3/c1-3-10(6-11)12-7-9-4-5-13(2)8-9/h9-10,12H,3-5,7-8H2,1-2H3. The van der Waals surface area contributed by atoms with Gasteiger partial charge in [0, 0.05) is 13.1 Å². The summed E-state index contributed by atoms with van der Waals surface area (Å²) in [7, 11) is 2.15. The van der Waals surface area contributed by atoms with Gasteiger partial charge in [-0.05, 0) is 32.4 Å². The molecule has 74 valence electrons. The molecule has 0 saturated carbocycles. The van der Waals surface area contributed by atoms with Gasteiger partial charge in [-0.3, -0.25) is 0 Å². The van der Waals surface area contributed by atoms with Crippen molar-refractivity contribution in [1.29, 1.82) is 5.26 Å². The molecule has 0 radical (unpaired) electrons. The number of rotatable bonds is 4. The lowest BCUT2D eigenvalue weighted by Crippen LogP contribution is -2.32. The minimum Gasteiger partial charge on any atom is -0.306 e. The van der Waals surface area contributed by atoms with Crippen molar-refractivity contribution >= 4 is 0 Å². The lowest BCUT2D eigenvalue weighted by Gasteiger charge is -2.13. The minimum absolute atomic E-state index is 0.0471. The number of nitrogens with one attached hydrogen (secondary N) is 1. The molecule has 1 saturated heterocycles. The summed E-state index contributed by atoms with van der Waals surface area (Å²) in [5.41, 5.74) is 0. The van der Waals surface area contributed by atoms with Crippen molar-refractivity contribution in [2.24, 2.45) is 5.92 Å². The number of hydrogen-bond acceptors (Lipinski definition) is 3. The maximum Gasteiger partial charge on any atom is 0.0950 e. The minimum atomic E-state index is 0.0471. The Bertz CT molecular complexity index is 185. The molecule has 1 rings (SSSR count). The molecule has 1 aliphatic rings. The van der Waals surface area contributed by atoms with Gasteiger partial charge in [-0.1, -0.05) is 6.92 Å². The molecule has 0 spiro atoms. The maximum absolute atomic E-state index is 8.73. The van der Waals surface area contributed by atoms with Gasteiger partial charge in [0.25, 0.3) is 0 Å². The molecule has 3 heteroatoms. The fraction of sp³-hybridized carbons (Fsp3) is 0.900. The Balaban J connectivity index is 2.16. The topological polar surface area (TPSA) is 39.1 Å². The monoisotopic (exact) mass is 181 g/mol. The van der Waals surface area contributed by atoms with Crippen LogP contribution in [0.2, 0.25) is 0 Å². The lowest BCUT2D eigenvalue weighted by molar-refractivity contribution is 0.384. The highest BCUT2D eigenvalue weighted by atomic mass is 15.1. The summed E-state index contributed by atoms with van der Waals surface area (Å²) >= 11 is 0.